The molecule has 0 heterocycles. The number of rotatable bonds is 13. The quantitative estimate of drug-likeness (QED) is 0.322. The zero-order valence-corrected chi connectivity index (χ0v) is 21.0. The largest absolute Gasteiger partial charge is 0.496 e. The second kappa shape index (κ2) is 13.0. The zero-order valence-electron chi connectivity index (χ0n) is 21.0. The van der Waals surface area contributed by atoms with Gasteiger partial charge in [-0.3, -0.25) is 4.79 Å². The summed E-state index contributed by atoms with van der Waals surface area (Å²) >= 11 is 0. The Morgan fingerprint density at radius 2 is 1.85 bits per heavy atom. The van der Waals surface area contributed by atoms with Crippen LogP contribution in [0.4, 0.5) is 0 Å². The minimum atomic E-state index is -0.604. The molecule has 4 heteroatoms. The average molecular weight is 451 g/mol. The first kappa shape index (κ1) is 26.4. The minimum Gasteiger partial charge on any atom is -0.496 e. The zero-order chi connectivity index (χ0) is 24.4. The van der Waals surface area contributed by atoms with Crippen LogP contribution >= 0.6 is 0 Å². The first-order valence-corrected chi connectivity index (χ1v) is 11.7. The number of ether oxygens (including phenoxy) is 3. The summed E-state index contributed by atoms with van der Waals surface area (Å²) < 4.78 is 17.2. The summed E-state index contributed by atoms with van der Waals surface area (Å²) in [6.45, 7) is 15.1. The summed E-state index contributed by atoms with van der Waals surface area (Å²) in [7, 11) is 1.69. The maximum Gasteiger partial charge on any atom is 0.166 e. The van der Waals surface area contributed by atoms with E-state index in [0.29, 0.717) is 26.1 Å². The van der Waals surface area contributed by atoms with Crippen LogP contribution in [0.5, 0.6) is 11.5 Å². The van der Waals surface area contributed by atoms with Gasteiger partial charge in [0.1, 0.15) is 17.6 Å². The summed E-state index contributed by atoms with van der Waals surface area (Å²) in [5.41, 5.74) is 6.28. The van der Waals surface area contributed by atoms with E-state index in [4.69, 9.17) is 14.2 Å². The van der Waals surface area contributed by atoms with Gasteiger partial charge in [0.05, 0.1) is 13.7 Å². The van der Waals surface area contributed by atoms with Gasteiger partial charge >= 0.3 is 0 Å². The second-order valence-corrected chi connectivity index (χ2v) is 8.31. The first-order chi connectivity index (χ1) is 15.8. The standard InChI is InChI=1S/C29H38O4/c1-8-15-33-28-19-25(13-12-24(28)9-2)29(32-10-3)26(30)14-11-20(4)16-23-17-21(5)22(6)27(18-23)31-7/h9,12-13,16-19,29H,2,8,10-11,14-15H2,1,3-7H3/b20-16+. The number of benzene rings is 2. The van der Waals surface area contributed by atoms with Crippen LogP contribution < -0.4 is 9.47 Å². The lowest BCUT2D eigenvalue weighted by atomic mass is 9.97. The maximum absolute atomic E-state index is 13.1. The Hall–Kier alpha value is -2.85. The molecule has 0 spiro atoms. The fraction of sp³-hybridized carbons (Fsp3) is 0.414. The highest BCUT2D eigenvalue weighted by molar-refractivity contribution is 5.85. The first-order valence-electron chi connectivity index (χ1n) is 11.7. The normalized spacial score (nSPS) is 12.4. The number of ketones is 1. The molecule has 0 aliphatic carbocycles. The Labute approximate surface area is 199 Å². The highest BCUT2D eigenvalue weighted by Gasteiger charge is 2.22. The molecular weight excluding hydrogens is 412 g/mol. The van der Waals surface area contributed by atoms with Gasteiger partial charge in [0.2, 0.25) is 0 Å². The van der Waals surface area contributed by atoms with Crippen LogP contribution in [0.25, 0.3) is 12.2 Å². The molecule has 0 aliphatic rings. The molecule has 0 saturated heterocycles. The smallest absolute Gasteiger partial charge is 0.166 e. The molecule has 1 atom stereocenters. The fourth-order valence-electron chi connectivity index (χ4n) is 3.72. The number of hydrogen-bond donors (Lipinski definition) is 0. The molecule has 0 fully saturated rings. The number of allylic oxidation sites excluding steroid dienone is 1. The lowest BCUT2D eigenvalue weighted by molar-refractivity contribution is -0.130. The van der Waals surface area contributed by atoms with Crippen molar-refractivity contribution in [3.05, 3.63) is 70.3 Å². The number of methoxy groups -OCH3 is 1. The van der Waals surface area contributed by atoms with Gasteiger partial charge < -0.3 is 14.2 Å². The van der Waals surface area contributed by atoms with Gasteiger partial charge in [-0.25, -0.2) is 0 Å². The molecule has 0 amide bonds. The van der Waals surface area contributed by atoms with Gasteiger partial charge in [-0.15, -0.1) is 0 Å². The Kier molecular flexibility index (Phi) is 10.4. The second-order valence-electron chi connectivity index (χ2n) is 8.31. The van der Waals surface area contributed by atoms with E-state index in [1.807, 2.05) is 31.2 Å². The number of aryl methyl sites for hydroxylation is 1. The van der Waals surface area contributed by atoms with Crippen LogP contribution in [-0.4, -0.2) is 26.1 Å². The molecule has 0 bridgehead atoms. The predicted octanol–water partition coefficient (Wildman–Crippen LogP) is 7.27. The van der Waals surface area contributed by atoms with Gasteiger partial charge in [-0.05, 0) is 74.9 Å². The van der Waals surface area contributed by atoms with E-state index in [1.54, 1.807) is 13.2 Å². The molecule has 0 aromatic heterocycles. The van der Waals surface area contributed by atoms with Crippen LogP contribution in [0, 0.1) is 13.8 Å². The molecule has 178 valence electrons. The third kappa shape index (κ3) is 7.33. The molecule has 1 unspecified atom stereocenters. The number of hydrogen-bond acceptors (Lipinski definition) is 4. The van der Waals surface area contributed by atoms with E-state index in [1.165, 1.54) is 5.56 Å². The molecule has 0 N–H and O–H groups in total. The van der Waals surface area contributed by atoms with Crippen LogP contribution in [0.1, 0.15) is 74.0 Å². The van der Waals surface area contributed by atoms with E-state index in [9.17, 15) is 4.79 Å². The van der Waals surface area contributed by atoms with Crippen LogP contribution in [0.3, 0.4) is 0 Å². The SMILES string of the molecule is C=Cc1ccc(C(OCC)C(=O)CC/C(C)=C/c2cc(C)c(C)c(OC)c2)cc1OCCC. The lowest BCUT2D eigenvalue weighted by Crippen LogP contribution is -2.16. The monoisotopic (exact) mass is 450 g/mol. The molecule has 2 aromatic rings. The van der Waals surface area contributed by atoms with Crippen molar-refractivity contribution < 1.29 is 19.0 Å². The molecule has 0 radical (unpaired) electrons. The third-order valence-electron chi connectivity index (χ3n) is 5.69. The lowest BCUT2D eigenvalue weighted by Gasteiger charge is -2.18. The topological polar surface area (TPSA) is 44.8 Å². The Morgan fingerprint density at radius 3 is 2.48 bits per heavy atom. The molecule has 0 saturated carbocycles. The molecule has 4 nitrogen and oxygen atoms in total. The number of carbonyl (C=O) groups is 1. The highest BCUT2D eigenvalue weighted by atomic mass is 16.5. The number of carbonyl (C=O) groups excluding carboxylic acids is 1. The van der Waals surface area contributed by atoms with E-state index < -0.39 is 6.10 Å². The highest BCUT2D eigenvalue weighted by Crippen LogP contribution is 2.29. The van der Waals surface area contributed by atoms with Crippen molar-refractivity contribution in [1.29, 1.82) is 0 Å². The summed E-state index contributed by atoms with van der Waals surface area (Å²) in [4.78, 5) is 13.1. The summed E-state index contributed by atoms with van der Waals surface area (Å²) in [5, 5.41) is 0. The van der Waals surface area contributed by atoms with Crippen LogP contribution in [-0.2, 0) is 9.53 Å². The number of Topliss-reactive ketones (excluding diaryl/α,β-unsaturated/α-hetero) is 1. The van der Waals surface area contributed by atoms with Crippen LogP contribution in [0.15, 0.2) is 42.5 Å². The van der Waals surface area contributed by atoms with Crippen molar-refractivity contribution in [2.75, 3.05) is 20.3 Å². The molecular formula is C29H38O4. The Bertz CT molecular complexity index is 987. The predicted molar refractivity (Wildman–Crippen MR) is 137 cm³/mol. The average Bonchev–Trinajstić information content (AvgIpc) is 2.81. The van der Waals surface area contributed by atoms with E-state index in [-0.39, 0.29) is 5.78 Å². The fourth-order valence-corrected chi connectivity index (χ4v) is 3.72. The van der Waals surface area contributed by atoms with Gasteiger partial charge in [0, 0.05) is 18.6 Å². The third-order valence-corrected chi connectivity index (χ3v) is 5.69. The minimum absolute atomic E-state index is 0.0649. The van der Waals surface area contributed by atoms with Crippen molar-refractivity contribution in [2.45, 2.75) is 60.0 Å². The summed E-state index contributed by atoms with van der Waals surface area (Å²) in [6.07, 6.45) is 5.26. The van der Waals surface area contributed by atoms with Crippen molar-refractivity contribution in [1.82, 2.24) is 0 Å². The van der Waals surface area contributed by atoms with Crippen molar-refractivity contribution in [3.8, 4) is 11.5 Å². The summed E-state index contributed by atoms with van der Waals surface area (Å²) in [6, 6.07) is 9.96. The van der Waals surface area contributed by atoms with E-state index >= 15 is 0 Å². The van der Waals surface area contributed by atoms with Gasteiger partial charge in [0.25, 0.3) is 0 Å². The Morgan fingerprint density at radius 1 is 1.09 bits per heavy atom. The van der Waals surface area contributed by atoms with Gasteiger partial charge in [-0.2, -0.15) is 0 Å². The van der Waals surface area contributed by atoms with Gasteiger partial charge in [0.15, 0.2) is 5.78 Å². The molecule has 2 rings (SSSR count). The van der Waals surface area contributed by atoms with Crippen LogP contribution in [0.2, 0.25) is 0 Å². The van der Waals surface area contributed by atoms with E-state index in [0.717, 1.165) is 45.7 Å². The van der Waals surface area contributed by atoms with E-state index in [2.05, 4.69) is 46.4 Å². The Balaban J connectivity index is 2.17. The molecule has 0 aliphatic heterocycles. The van der Waals surface area contributed by atoms with Crippen molar-refractivity contribution >= 4 is 17.9 Å². The van der Waals surface area contributed by atoms with Gasteiger partial charge in [-0.1, -0.05) is 49.4 Å². The maximum atomic E-state index is 13.1. The molecule has 33 heavy (non-hydrogen) atoms. The van der Waals surface area contributed by atoms with Crippen molar-refractivity contribution in [3.63, 3.8) is 0 Å². The van der Waals surface area contributed by atoms with Crippen molar-refractivity contribution in [2.24, 2.45) is 0 Å². The molecule has 2 aromatic carbocycles. The summed E-state index contributed by atoms with van der Waals surface area (Å²) in [5.74, 6) is 1.68.